The smallest absolute Gasteiger partial charge is 0.212 e. The first-order chi connectivity index (χ1) is 15.1. The lowest BCUT2D eigenvalue weighted by Crippen LogP contribution is -2.24. The van der Waals surface area contributed by atoms with Crippen LogP contribution in [0.5, 0.6) is 0 Å². The molecule has 1 aliphatic rings. The number of oxazole rings is 1. The molecule has 1 aliphatic heterocycles. The first-order valence-corrected chi connectivity index (χ1v) is 11.1. The summed E-state index contributed by atoms with van der Waals surface area (Å²) in [4.78, 5) is 17.0. The van der Waals surface area contributed by atoms with Gasteiger partial charge in [0, 0.05) is 22.6 Å². The Bertz CT molecular complexity index is 1200. The Kier molecular flexibility index (Phi) is 5.28. The number of aryl methyl sites for hydroxylation is 1. The summed E-state index contributed by atoms with van der Waals surface area (Å²) in [5.41, 5.74) is 4.11. The van der Waals surface area contributed by atoms with Crippen molar-refractivity contribution in [1.82, 2.24) is 19.9 Å². The molecule has 1 saturated heterocycles. The summed E-state index contributed by atoms with van der Waals surface area (Å²) in [5, 5.41) is 1.12. The summed E-state index contributed by atoms with van der Waals surface area (Å²) in [6, 6.07) is 18.7. The molecule has 158 valence electrons. The van der Waals surface area contributed by atoms with Crippen LogP contribution in [0.15, 0.2) is 59.0 Å². The summed E-state index contributed by atoms with van der Waals surface area (Å²) in [6.45, 7) is 8.09. The van der Waals surface area contributed by atoms with E-state index in [4.69, 9.17) is 19.4 Å². The van der Waals surface area contributed by atoms with Gasteiger partial charge in [-0.25, -0.2) is 15.0 Å². The molecule has 2 aromatic heterocycles. The molecule has 31 heavy (non-hydrogen) atoms. The molecule has 5 heteroatoms. The third-order valence-electron chi connectivity index (χ3n) is 6.07. The Hall–Kier alpha value is -3.05. The van der Waals surface area contributed by atoms with Crippen molar-refractivity contribution in [3.63, 3.8) is 0 Å². The van der Waals surface area contributed by atoms with Crippen LogP contribution in [-0.2, 0) is 6.54 Å². The summed E-state index contributed by atoms with van der Waals surface area (Å²) in [7, 11) is 0. The van der Waals surface area contributed by atoms with Gasteiger partial charge in [0.15, 0.2) is 0 Å². The Labute approximate surface area is 183 Å². The lowest BCUT2D eigenvalue weighted by molar-refractivity contribution is 0.206. The zero-order valence-corrected chi connectivity index (χ0v) is 18.4. The first-order valence-electron chi connectivity index (χ1n) is 11.1. The van der Waals surface area contributed by atoms with Gasteiger partial charge in [-0.2, -0.15) is 0 Å². The van der Waals surface area contributed by atoms with Crippen molar-refractivity contribution >= 4 is 10.9 Å². The quantitative estimate of drug-likeness (QED) is 0.399. The molecule has 5 nitrogen and oxygen atoms in total. The number of aromatic nitrogens is 3. The van der Waals surface area contributed by atoms with Crippen molar-refractivity contribution in [2.24, 2.45) is 0 Å². The maximum atomic E-state index is 6.38. The van der Waals surface area contributed by atoms with E-state index in [0.29, 0.717) is 6.54 Å². The molecule has 0 saturated carbocycles. The van der Waals surface area contributed by atoms with E-state index < -0.39 is 0 Å². The van der Waals surface area contributed by atoms with E-state index in [1.54, 1.807) is 0 Å². The van der Waals surface area contributed by atoms with Gasteiger partial charge < -0.3 is 4.42 Å². The van der Waals surface area contributed by atoms with Crippen molar-refractivity contribution in [3.05, 3.63) is 77.8 Å². The van der Waals surface area contributed by atoms with E-state index >= 15 is 0 Å². The van der Waals surface area contributed by atoms with E-state index in [9.17, 15) is 0 Å². The van der Waals surface area contributed by atoms with E-state index in [2.05, 4.69) is 62.1 Å². The monoisotopic (exact) mass is 412 g/mol. The van der Waals surface area contributed by atoms with Gasteiger partial charge in [-0.3, -0.25) is 4.90 Å². The lowest BCUT2D eigenvalue weighted by Gasteiger charge is -2.21. The number of para-hydroxylation sites is 1. The molecular weight excluding hydrogens is 384 g/mol. The Morgan fingerprint density at radius 2 is 1.77 bits per heavy atom. The molecule has 0 spiro atoms. The van der Waals surface area contributed by atoms with Crippen molar-refractivity contribution in [3.8, 4) is 11.3 Å². The highest BCUT2D eigenvalue weighted by atomic mass is 16.4. The largest absolute Gasteiger partial charge is 0.443 e. The van der Waals surface area contributed by atoms with E-state index in [1.807, 2.05) is 18.2 Å². The summed E-state index contributed by atoms with van der Waals surface area (Å²) in [6.07, 6.45) is 2.16. The molecule has 0 aliphatic carbocycles. The number of hydrogen-bond donors (Lipinski definition) is 0. The van der Waals surface area contributed by atoms with Crippen LogP contribution in [0.3, 0.4) is 0 Å². The standard InChI is InChI=1S/C26H28N4O/c1-17(2)25-24(19-10-5-4-6-11-19)29-26(31-25)22-14-9-15-30(22)16-23-27-18(3)20-12-7-8-13-21(20)28-23/h4-8,10-13,17,22H,9,14-16H2,1-3H3. The zero-order valence-electron chi connectivity index (χ0n) is 18.4. The minimum absolute atomic E-state index is 0.158. The van der Waals surface area contributed by atoms with E-state index in [0.717, 1.165) is 64.7 Å². The van der Waals surface area contributed by atoms with Crippen LogP contribution in [0.1, 0.15) is 61.8 Å². The highest BCUT2D eigenvalue weighted by Gasteiger charge is 2.32. The van der Waals surface area contributed by atoms with Crippen molar-refractivity contribution in [2.45, 2.75) is 52.1 Å². The average molecular weight is 413 g/mol. The number of likely N-dealkylation sites (tertiary alicyclic amines) is 1. The lowest BCUT2D eigenvalue weighted by atomic mass is 10.0. The van der Waals surface area contributed by atoms with Gasteiger partial charge in [-0.1, -0.05) is 62.4 Å². The van der Waals surface area contributed by atoms with E-state index in [1.165, 1.54) is 0 Å². The van der Waals surface area contributed by atoms with Crippen molar-refractivity contribution in [1.29, 1.82) is 0 Å². The van der Waals surface area contributed by atoms with Gasteiger partial charge in [0.1, 0.15) is 17.3 Å². The van der Waals surface area contributed by atoms with Gasteiger partial charge in [0.25, 0.3) is 0 Å². The molecule has 0 amide bonds. The highest BCUT2D eigenvalue weighted by Crippen LogP contribution is 2.37. The van der Waals surface area contributed by atoms with Crippen LogP contribution in [0.25, 0.3) is 22.2 Å². The fraction of sp³-hybridized carbons (Fsp3) is 0.346. The number of rotatable bonds is 5. The first kappa shape index (κ1) is 19.9. The molecule has 0 radical (unpaired) electrons. The topological polar surface area (TPSA) is 55.1 Å². The minimum atomic E-state index is 0.158. The SMILES string of the molecule is Cc1nc(CN2CCCC2c2nc(-c3ccccc3)c(C(C)C)o2)nc2ccccc12. The molecular formula is C26H28N4O. The molecule has 2 aromatic carbocycles. The maximum Gasteiger partial charge on any atom is 0.212 e. The van der Waals surface area contributed by atoms with Crippen LogP contribution in [0, 0.1) is 6.92 Å². The third-order valence-corrected chi connectivity index (χ3v) is 6.07. The molecule has 1 fully saturated rings. The van der Waals surface area contributed by atoms with Crippen LogP contribution < -0.4 is 0 Å². The summed E-state index contributed by atoms with van der Waals surface area (Å²) < 4.78 is 6.38. The van der Waals surface area contributed by atoms with E-state index in [-0.39, 0.29) is 12.0 Å². The number of nitrogens with zero attached hydrogens (tertiary/aromatic N) is 4. The second kappa shape index (κ2) is 8.23. The second-order valence-electron chi connectivity index (χ2n) is 8.66. The average Bonchev–Trinajstić information content (AvgIpc) is 3.41. The fourth-order valence-corrected chi connectivity index (χ4v) is 4.53. The Morgan fingerprint density at radius 3 is 2.58 bits per heavy atom. The second-order valence-corrected chi connectivity index (χ2v) is 8.66. The number of benzene rings is 2. The Balaban J connectivity index is 1.46. The normalized spacial score (nSPS) is 17.1. The summed E-state index contributed by atoms with van der Waals surface area (Å²) >= 11 is 0. The van der Waals surface area contributed by atoms with Gasteiger partial charge in [-0.15, -0.1) is 0 Å². The molecule has 1 atom stereocenters. The van der Waals surface area contributed by atoms with Crippen LogP contribution in [0.4, 0.5) is 0 Å². The van der Waals surface area contributed by atoms with Gasteiger partial charge in [-0.05, 0) is 32.4 Å². The maximum absolute atomic E-state index is 6.38. The molecule has 4 aromatic rings. The van der Waals surface area contributed by atoms with Gasteiger partial charge in [0.2, 0.25) is 5.89 Å². The molecule has 5 rings (SSSR count). The molecule has 3 heterocycles. The van der Waals surface area contributed by atoms with Crippen LogP contribution in [-0.4, -0.2) is 26.4 Å². The van der Waals surface area contributed by atoms with Crippen LogP contribution >= 0.6 is 0 Å². The predicted molar refractivity (Wildman–Crippen MR) is 123 cm³/mol. The van der Waals surface area contributed by atoms with Crippen molar-refractivity contribution < 1.29 is 4.42 Å². The predicted octanol–water partition coefficient (Wildman–Crippen LogP) is 6.05. The Morgan fingerprint density at radius 1 is 1.00 bits per heavy atom. The molecule has 0 N–H and O–H groups in total. The fourth-order valence-electron chi connectivity index (χ4n) is 4.53. The van der Waals surface area contributed by atoms with Gasteiger partial charge in [0.05, 0.1) is 18.1 Å². The number of fused-ring (bicyclic) bond motifs is 1. The molecule has 1 unspecified atom stereocenters. The molecule has 0 bridgehead atoms. The van der Waals surface area contributed by atoms with Crippen LogP contribution in [0.2, 0.25) is 0 Å². The van der Waals surface area contributed by atoms with Crippen molar-refractivity contribution in [2.75, 3.05) is 6.54 Å². The minimum Gasteiger partial charge on any atom is -0.443 e. The summed E-state index contributed by atoms with van der Waals surface area (Å²) in [5.74, 6) is 2.92. The third kappa shape index (κ3) is 3.86. The highest BCUT2D eigenvalue weighted by molar-refractivity contribution is 5.80. The zero-order chi connectivity index (χ0) is 21.4. The van der Waals surface area contributed by atoms with Gasteiger partial charge >= 0.3 is 0 Å². The number of hydrogen-bond acceptors (Lipinski definition) is 5.